The molecule has 1 fully saturated rings. The number of hydrogen-bond acceptors (Lipinski definition) is 5. The number of amides is 1. The largest absolute Gasteiger partial charge is 0.490 e. The molecule has 3 aliphatic rings. The third-order valence-electron chi connectivity index (χ3n) is 6.30. The first-order valence-corrected chi connectivity index (χ1v) is 10.3. The van der Waals surface area contributed by atoms with Crippen molar-refractivity contribution in [2.75, 3.05) is 26.7 Å². The van der Waals surface area contributed by atoms with Crippen LogP contribution in [-0.4, -0.2) is 63.3 Å². The predicted molar refractivity (Wildman–Crippen MR) is 104 cm³/mol. The number of rotatable bonds is 2. The molecule has 0 spiro atoms. The zero-order valence-electron chi connectivity index (χ0n) is 16.6. The molecule has 0 saturated carbocycles. The summed E-state index contributed by atoms with van der Waals surface area (Å²) in [4.78, 5) is 17.3. The highest BCUT2D eigenvalue weighted by molar-refractivity contribution is 5.94. The van der Waals surface area contributed by atoms with Gasteiger partial charge in [-0.3, -0.25) is 4.79 Å². The molecule has 148 valence electrons. The smallest absolute Gasteiger partial charge is 0.254 e. The van der Waals surface area contributed by atoms with Gasteiger partial charge in [0.15, 0.2) is 5.82 Å². The van der Waals surface area contributed by atoms with Crippen molar-refractivity contribution in [3.8, 4) is 5.75 Å². The van der Waals surface area contributed by atoms with Gasteiger partial charge in [-0.25, -0.2) is 0 Å². The molecule has 0 unspecified atom stereocenters. The van der Waals surface area contributed by atoms with E-state index in [1.165, 1.54) is 0 Å². The molecule has 4 heterocycles. The summed E-state index contributed by atoms with van der Waals surface area (Å²) in [7, 11) is 2.17. The highest BCUT2D eigenvalue weighted by atomic mass is 16.5. The number of fused-ring (bicyclic) bond motifs is 2. The van der Waals surface area contributed by atoms with E-state index in [1.807, 2.05) is 23.1 Å². The van der Waals surface area contributed by atoms with Crippen LogP contribution in [0.2, 0.25) is 0 Å². The van der Waals surface area contributed by atoms with Gasteiger partial charge in [0.25, 0.3) is 5.91 Å². The van der Waals surface area contributed by atoms with Gasteiger partial charge in [-0.1, -0.05) is 0 Å². The van der Waals surface area contributed by atoms with Crippen LogP contribution in [0.1, 0.15) is 53.3 Å². The summed E-state index contributed by atoms with van der Waals surface area (Å²) in [5, 5.41) is 8.94. The second-order valence-corrected chi connectivity index (χ2v) is 8.39. The quantitative estimate of drug-likeness (QED) is 0.797. The highest BCUT2D eigenvalue weighted by Gasteiger charge is 2.30. The van der Waals surface area contributed by atoms with Gasteiger partial charge in [-0.2, -0.15) is 0 Å². The minimum atomic E-state index is 0.0671. The highest BCUT2D eigenvalue weighted by Crippen LogP contribution is 2.31. The van der Waals surface area contributed by atoms with Crippen LogP contribution in [0.4, 0.5) is 0 Å². The van der Waals surface area contributed by atoms with Gasteiger partial charge in [0, 0.05) is 31.0 Å². The van der Waals surface area contributed by atoms with Crippen molar-refractivity contribution in [2.45, 2.75) is 51.3 Å². The number of carbonyl (C=O) groups is 1. The number of benzene rings is 1. The lowest BCUT2D eigenvalue weighted by molar-refractivity contribution is 0.0705. The molecule has 1 amide bonds. The lowest BCUT2D eigenvalue weighted by atomic mass is 9.96. The van der Waals surface area contributed by atoms with Crippen molar-refractivity contribution in [3.63, 3.8) is 0 Å². The van der Waals surface area contributed by atoms with Crippen LogP contribution >= 0.6 is 0 Å². The molecule has 0 aliphatic carbocycles. The summed E-state index contributed by atoms with van der Waals surface area (Å²) in [6, 6.07) is 5.80. The fourth-order valence-corrected chi connectivity index (χ4v) is 4.66. The first-order valence-electron chi connectivity index (χ1n) is 10.3. The van der Waals surface area contributed by atoms with Crippen molar-refractivity contribution < 1.29 is 9.53 Å². The number of hydrogen-bond donors (Lipinski definition) is 0. The standard InChI is InChI=1S/C21H27N5O2/c1-14-11-17-12-16(3-4-18(17)28-14)21(27)25-9-10-26-19(13-25)22-23-20(26)15-5-7-24(2)8-6-15/h3-4,12,14-15H,5-11,13H2,1-2H3/t14-/m1/s1. The van der Waals surface area contributed by atoms with Crippen molar-refractivity contribution in [1.82, 2.24) is 24.6 Å². The molecule has 5 rings (SSSR count). The molecule has 1 atom stereocenters. The Morgan fingerprint density at radius 2 is 1.96 bits per heavy atom. The average molecular weight is 381 g/mol. The molecular weight excluding hydrogens is 354 g/mol. The number of nitrogens with zero attached hydrogens (tertiary/aromatic N) is 5. The molecule has 1 saturated heterocycles. The Morgan fingerprint density at radius 3 is 2.79 bits per heavy atom. The maximum Gasteiger partial charge on any atom is 0.254 e. The Labute approximate surface area is 165 Å². The normalized spacial score (nSPS) is 22.6. The van der Waals surface area contributed by atoms with E-state index in [2.05, 4.69) is 33.6 Å². The van der Waals surface area contributed by atoms with Crippen LogP contribution in [0.25, 0.3) is 0 Å². The van der Waals surface area contributed by atoms with E-state index in [1.54, 1.807) is 0 Å². The minimum Gasteiger partial charge on any atom is -0.490 e. The van der Waals surface area contributed by atoms with Crippen molar-refractivity contribution >= 4 is 5.91 Å². The number of likely N-dealkylation sites (tertiary alicyclic amines) is 1. The van der Waals surface area contributed by atoms with Gasteiger partial charge in [0.2, 0.25) is 0 Å². The molecule has 3 aliphatic heterocycles. The Bertz CT molecular complexity index is 900. The fourth-order valence-electron chi connectivity index (χ4n) is 4.66. The maximum atomic E-state index is 13.1. The van der Waals surface area contributed by atoms with E-state index < -0.39 is 0 Å². The third kappa shape index (κ3) is 3.07. The van der Waals surface area contributed by atoms with E-state index in [0.29, 0.717) is 19.0 Å². The van der Waals surface area contributed by atoms with Gasteiger partial charge >= 0.3 is 0 Å². The molecule has 0 bridgehead atoms. The molecule has 1 aromatic carbocycles. The second-order valence-electron chi connectivity index (χ2n) is 8.39. The second kappa shape index (κ2) is 6.88. The van der Waals surface area contributed by atoms with E-state index >= 15 is 0 Å². The Kier molecular flexibility index (Phi) is 4.34. The number of carbonyl (C=O) groups excluding carboxylic acids is 1. The third-order valence-corrected chi connectivity index (χ3v) is 6.30. The minimum absolute atomic E-state index is 0.0671. The summed E-state index contributed by atoms with van der Waals surface area (Å²) in [5.41, 5.74) is 1.86. The lowest BCUT2D eigenvalue weighted by Gasteiger charge is -2.31. The molecular formula is C21H27N5O2. The fraction of sp³-hybridized carbons (Fsp3) is 0.571. The zero-order valence-corrected chi connectivity index (χ0v) is 16.6. The van der Waals surface area contributed by atoms with E-state index in [0.717, 1.165) is 67.4 Å². The molecule has 0 radical (unpaired) electrons. The van der Waals surface area contributed by atoms with Gasteiger partial charge in [-0.05, 0) is 63.7 Å². The topological polar surface area (TPSA) is 63.5 Å². The van der Waals surface area contributed by atoms with Crippen molar-refractivity contribution in [3.05, 3.63) is 41.0 Å². The van der Waals surface area contributed by atoms with Crippen LogP contribution < -0.4 is 4.74 Å². The number of ether oxygens (including phenoxy) is 1. The van der Waals surface area contributed by atoms with Crippen LogP contribution in [0.5, 0.6) is 5.75 Å². The van der Waals surface area contributed by atoms with Crippen LogP contribution in [0.15, 0.2) is 18.2 Å². The lowest BCUT2D eigenvalue weighted by Crippen LogP contribution is -2.39. The Morgan fingerprint density at radius 1 is 1.14 bits per heavy atom. The molecule has 1 aromatic heterocycles. The van der Waals surface area contributed by atoms with Gasteiger partial charge in [0.1, 0.15) is 17.7 Å². The first kappa shape index (κ1) is 17.7. The average Bonchev–Trinajstić information content (AvgIpc) is 3.29. The SMILES string of the molecule is C[C@@H]1Cc2cc(C(=O)N3CCn4c(nnc4C4CCN(C)CC4)C3)ccc2O1. The summed E-state index contributed by atoms with van der Waals surface area (Å²) >= 11 is 0. The van der Waals surface area contributed by atoms with Crippen molar-refractivity contribution in [1.29, 1.82) is 0 Å². The van der Waals surface area contributed by atoms with Crippen LogP contribution in [-0.2, 0) is 19.5 Å². The summed E-state index contributed by atoms with van der Waals surface area (Å²) < 4.78 is 8.00. The van der Waals surface area contributed by atoms with E-state index in [-0.39, 0.29) is 12.0 Å². The van der Waals surface area contributed by atoms with Gasteiger partial charge < -0.3 is 19.1 Å². The monoisotopic (exact) mass is 381 g/mol. The number of piperidine rings is 1. The van der Waals surface area contributed by atoms with Crippen molar-refractivity contribution in [2.24, 2.45) is 0 Å². The van der Waals surface area contributed by atoms with Crippen LogP contribution in [0, 0.1) is 0 Å². The van der Waals surface area contributed by atoms with Gasteiger partial charge in [-0.15, -0.1) is 10.2 Å². The Balaban J connectivity index is 1.31. The van der Waals surface area contributed by atoms with Crippen LogP contribution in [0.3, 0.4) is 0 Å². The predicted octanol–water partition coefficient (Wildman–Crippen LogP) is 2.07. The Hall–Kier alpha value is -2.41. The number of aromatic nitrogens is 3. The molecule has 28 heavy (non-hydrogen) atoms. The first-order chi connectivity index (χ1) is 13.6. The molecule has 2 aromatic rings. The maximum absolute atomic E-state index is 13.1. The summed E-state index contributed by atoms with van der Waals surface area (Å²) in [6.45, 7) is 6.29. The molecule has 0 N–H and O–H groups in total. The van der Waals surface area contributed by atoms with E-state index in [9.17, 15) is 4.79 Å². The van der Waals surface area contributed by atoms with E-state index in [4.69, 9.17) is 4.74 Å². The zero-order chi connectivity index (χ0) is 19.3. The summed E-state index contributed by atoms with van der Waals surface area (Å²) in [6.07, 6.45) is 3.32. The summed E-state index contributed by atoms with van der Waals surface area (Å²) in [5.74, 6) is 3.48. The molecule has 7 nitrogen and oxygen atoms in total. The van der Waals surface area contributed by atoms with Gasteiger partial charge in [0.05, 0.1) is 6.54 Å². The molecule has 7 heteroatoms.